The normalized spacial score (nSPS) is 21.2. The maximum Gasteiger partial charge on any atom is 0.126 e. The molecule has 0 saturated heterocycles. The summed E-state index contributed by atoms with van der Waals surface area (Å²) in [7, 11) is 0. The summed E-state index contributed by atoms with van der Waals surface area (Å²) in [5, 5.41) is 0. The van der Waals surface area contributed by atoms with E-state index in [1.54, 1.807) is 0 Å². The van der Waals surface area contributed by atoms with Gasteiger partial charge < -0.3 is 10.5 Å². The molecule has 0 spiro atoms. The van der Waals surface area contributed by atoms with Gasteiger partial charge in [0.1, 0.15) is 23.5 Å². The van der Waals surface area contributed by atoms with Gasteiger partial charge in [0.15, 0.2) is 0 Å². The molecule has 0 bridgehead atoms. The van der Waals surface area contributed by atoms with Crippen molar-refractivity contribution >= 4 is 15.9 Å². The van der Waals surface area contributed by atoms with Gasteiger partial charge in [-0.15, -0.1) is 0 Å². The molecule has 1 unspecified atom stereocenters. The minimum Gasteiger partial charge on any atom is -0.485 e. The fraction of sp³-hybridized carbons (Fsp3) is 0.200. The fourth-order valence-corrected chi connectivity index (χ4v) is 2.78. The molecule has 1 heterocycles. The Morgan fingerprint density at radius 2 is 1.80 bits per heavy atom. The van der Waals surface area contributed by atoms with E-state index in [-0.39, 0.29) is 6.04 Å². The average molecular weight is 340 g/mol. The van der Waals surface area contributed by atoms with E-state index < -0.39 is 17.7 Å². The van der Waals surface area contributed by atoms with Crippen LogP contribution in [0.5, 0.6) is 5.75 Å². The van der Waals surface area contributed by atoms with Gasteiger partial charge in [-0.2, -0.15) is 0 Å². The van der Waals surface area contributed by atoms with E-state index in [1.807, 2.05) is 18.2 Å². The van der Waals surface area contributed by atoms with Crippen LogP contribution in [0.3, 0.4) is 0 Å². The van der Waals surface area contributed by atoms with Crippen LogP contribution in [0.1, 0.15) is 29.7 Å². The van der Waals surface area contributed by atoms with Crippen LogP contribution in [0.15, 0.2) is 40.9 Å². The SMILES string of the molecule is N[C@H]1CC(c2cc(F)cc(F)c2)Oc2cc(Br)ccc21. The lowest BCUT2D eigenvalue weighted by Gasteiger charge is -2.30. The summed E-state index contributed by atoms with van der Waals surface area (Å²) in [6.45, 7) is 0. The molecule has 1 aliphatic rings. The van der Waals surface area contributed by atoms with Crippen LogP contribution in [-0.4, -0.2) is 0 Å². The molecule has 0 amide bonds. The summed E-state index contributed by atoms with van der Waals surface area (Å²) < 4.78 is 33.3. The quantitative estimate of drug-likeness (QED) is 0.842. The number of rotatable bonds is 1. The molecule has 3 rings (SSSR count). The molecule has 5 heteroatoms. The van der Waals surface area contributed by atoms with Crippen molar-refractivity contribution in [3.63, 3.8) is 0 Å². The Hall–Kier alpha value is -1.46. The van der Waals surface area contributed by atoms with E-state index in [0.29, 0.717) is 17.7 Å². The molecule has 104 valence electrons. The number of halogens is 3. The predicted octanol–water partition coefficient (Wildman–Crippen LogP) is 4.25. The highest BCUT2D eigenvalue weighted by atomic mass is 79.9. The molecular formula is C15H12BrF2NO. The largest absolute Gasteiger partial charge is 0.485 e. The van der Waals surface area contributed by atoms with Gasteiger partial charge in [0.05, 0.1) is 0 Å². The lowest BCUT2D eigenvalue weighted by Crippen LogP contribution is -2.24. The van der Waals surface area contributed by atoms with Crippen LogP contribution in [0, 0.1) is 11.6 Å². The molecule has 2 N–H and O–H groups in total. The molecule has 2 aromatic rings. The lowest BCUT2D eigenvalue weighted by molar-refractivity contribution is 0.160. The van der Waals surface area contributed by atoms with Gasteiger partial charge >= 0.3 is 0 Å². The number of ether oxygens (including phenoxy) is 1. The van der Waals surface area contributed by atoms with Crippen LogP contribution in [0.4, 0.5) is 8.78 Å². The van der Waals surface area contributed by atoms with Crippen molar-refractivity contribution < 1.29 is 13.5 Å². The Morgan fingerprint density at radius 1 is 1.10 bits per heavy atom. The van der Waals surface area contributed by atoms with E-state index in [4.69, 9.17) is 10.5 Å². The first kappa shape index (κ1) is 13.5. The summed E-state index contributed by atoms with van der Waals surface area (Å²) >= 11 is 3.37. The topological polar surface area (TPSA) is 35.2 Å². The van der Waals surface area contributed by atoms with Crippen molar-refractivity contribution in [2.75, 3.05) is 0 Å². The first-order chi connectivity index (χ1) is 9.52. The molecule has 0 fully saturated rings. The van der Waals surface area contributed by atoms with E-state index in [9.17, 15) is 8.78 Å². The molecule has 0 saturated carbocycles. The summed E-state index contributed by atoms with van der Waals surface area (Å²) in [6.07, 6.45) is 0.0364. The van der Waals surface area contributed by atoms with Crippen LogP contribution >= 0.6 is 15.9 Å². The Bertz CT molecular complexity index is 642. The number of hydrogen-bond donors (Lipinski definition) is 1. The first-order valence-electron chi connectivity index (χ1n) is 6.20. The molecular weight excluding hydrogens is 328 g/mol. The smallest absolute Gasteiger partial charge is 0.126 e. The second-order valence-electron chi connectivity index (χ2n) is 4.83. The van der Waals surface area contributed by atoms with Gasteiger partial charge in [-0.05, 0) is 29.8 Å². The van der Waals surface area contributed by atoms with Crippen molar-refractivity contribution in [2.24, 2.45) is 5.73 Å². The summed E-state index contributed by atoms with van der Waals surface area (Å²) in [5.41, 5.74) is 7.48. The predicted molar refractivity (Wildman–Crippen MR) is 75.4 cm³/mol. The van der Waals surface area contributed by atoms with Gasteiger partial charge in [0, 0.05) is 28.6 Å². The van der Waals surface area contributed by atoms with Crippen molar-refractivity contribution in [3.8, 4) is 5.75 Å². The van der Waals surface area contributed by atoms with Gasteiger partial charge in [0.25, 0.3) is 0 Å². The van der Waals surface area contributed by atoms with Gasteiger partial charge in [-0.3, -0.25) is 0 Å². The summed E-state index contributed by atoms with van der Waals surface area (Å²) in [4.78, 5) is 0. The van der Waals surface area contributed by atoms with Gasteiger partial charge in [-0.25, -0.2) is 8.78 Å². The second kappa shape index (κ2) is 5.14. The molecule has 2 aromatic carbocycles. The number of benzene rings is 2. The fourth-order valence-electron chi connectivity index (χ4n) is 2.44. The van der Waals surface area contributed by atoms with Gasteiger partial charge in [-0.1, -0.05) is 22.0 Å². The van der Waals surface area contributed by atoms with E-state index in [2.05, 4.69) is 15.9 Å². The summed E-state index contributed by atoms with van der Waals surface area (Å²) in [5.74, 6) is -0.581. The average Bonchev–Trinajstić information content (AvgIpc) is 2.36. The van der Waals surface area contributed by atoms with Crippen molar-refractivity contribution in [3.05, 3.63) is 63.6 Å². The zero-order valence-corrected chi connectivity index (χ0v) is 12.0. The van der Waals surface area contributed by atoms with Crippen LogP contribution in [-0.2, 0) is 0 Å². The van der Waals surface area contributed by atoms with Gasteiger partial charge in [0.2, 0.25) is 0 Å². The standard InChI is InChI=1S/C15H12BrF2NO/c16-9-1-2-12-13(19)7-14(20-15(12)5-9)8-3-10(17)6-11(18)4-8/h1-6,13-14H,7,19H2/t13-,14?/m0/s1. The zero-order chi connectivity index (χ0) is 14.3. The van der Waals surface area contributed by atoms with Crippen LogP contribution in [0.2, 0.25) is 0 Å². The zero-order valence-electron chi connectivity index (χ0n) is 10.4. The third-order valence-electron chi connectivity index (χ3n) is 3.37. The monoisotopic (exact) mass is 339 g/mol. The maximum absolute atomic E-state index is 13.3. The van der Waals surface area contributed by atoms with Crippen molar-refractivity contribution in [2.45, 2.75) is 18.6 Å². The minimum absolute atomic E-state index is 0.219. The number of hydrogen-bond acceptors (Lipinski definition) is 2. The molecule has 0 aliphatic carbocycles. The highest BCUT2D eigenvalue weighted by Crippen LogP contribution is 2.41. The second-order valence-corrected chi connectivity index (χ2v) is 5.75. The highest BCUT2D eigenvalue weighted by Gasteiger charge is 2.27. The minimum atomic E-state index is -0.614. The molecule has 1 aliphatic heterocycles. The Morgan fingerprint density at radius 3 is 2.50 bits per heavy atom. The van der Waals surface area contributed by atoms with Crippen LogP contribution in [0.25, 0.3) is 0 Å². The third-order valence-corrected chi connectivity index (χ3v) is 3.86. The first-order valence-corrected chi connectivity index (χ1v) is 7.00. The van der Waals surface area contributed by atoms with E-state index in [0.717, 1.165) is 16.1 Å². The van der Waals surface area contributed by atoms with E-state index >= 15 is 0 Å². The Kier molecular flexibility index (Phi) is 3.48. The summed E-state index contributed by atoms with van der Waals surface area (Å²) in [6, 6.07) is 8.79. The number of fused-ring (bicyclic) bond motifs is 1. The molecule has 0 radical (unpaired) electrons. The molecule has 20 heavy (non-hydrogen) atoms. The Balaban J connectivity index is 1.98. The van der Waals surface area contributed by atoms with Crippen molar-refractivity contribution in [1.82, 2.24) is 0 Å². The lowest BCUT2D eigenvalue weighted by atomic mass is 9.93. The highest BCUT2D eigenvalue weighted by molar-refractivity contribution is 9.10. The third kappa shape index (κ3) is 2.55. The molecule has 0 aromatic heterocycles. The van der Waals surface area contributed by atoms with Crippen molar-refractivity contribution in [1.29, 1.82) is 0 Å². The maximum atomic E-state index is 13.3. The molecule has 2 nitrogen and oxygen atoms in total. The Labute approximate surface area is 123 Å². The van der Waals surface area contributed by atoms with E-state index in [1.165, 1.54) is 12.1 Å². The molecule has 2 atom stereocenters. The number of nitrogens with two attached hydrogens (primary N) is 1. The van der Waals surface area contributed by atoms with Crippen LogP contribution < -0.4 is 10.5 Å².